The lowest BCUT2D eigenvalue weighted by atomic mass is 9.99. The molecule has 0 aromatic carbocycles. The van der Waals surface area contributed by atoms with E-state index < -0.39 is 10.0 Å². The number of carbonyl (C=O) groups excluding carboxylic acids is 1. The molecule has 1 unspecified atom stereocenters. The van der Waals surface area contributed by atoms with E-state index in [1.807, 2.05) is 0 Å². The average Bonchev–Trinajstić information content (AvgIpc) is 2.90. The fourth-order valence-electron chi connectivity index (χ4n) is 4.37. The Morgan fingerprint density at radius 2 is 1.86 bits per heavy atom. The van der Waals surface area contributed by atoms with Gasteiger partial charge in [0, 0.05) is 19.6 Å². The summed E-state index contributed by atoms with van der Waals surface area (Å²) in [6, 6.07) is 0. The lowest BCUT2D eigenvalue weighted by molar-refractivity contribution is -0.126. The van der Waals surface area contributed by atoms with Crippen molar-refractivity contribution >= 4 is 15.9 Å². The first-order valence-corrected chi connectivity index (χ1v) is 12.3. The van der Waals surface area contributed by atoms with Gasteiger partial charge in [-0.1, -0.05) is 18.0 Å². The van der Waals surface area contributed by atoms with Crippen LogP contribution in [0.1, 0.15) is 56.4 Å². The van der Waals surface area contributed by atoms with Crippen LogP contribution in [-0.2, 0) is 14.8 Å². The lowest BCUT2D eigenvalue weighted by Crippen LogP contribution is -2.45. The van der Waals surface area contributed by atoms with E-state index in [-0.39, 0.29) is 23.3 Å². The third-order valence-corrected chi connectivity index (χ3v) is 8.08. The van der Waals surface area contributed by atoms with Crippen molar-refractivity contribution in [1.82, 2.24) is 19.7 Å². The predicted molar refractivity (Wildman–Crippen MR) is 110 cm³/mol. The second-order valence-electron chi connectivity index (χ2n) is 8.26. The Hall–Kier alpha value is -1.45. The topological polar surface area (TPSA) is 95.8 Å². The quantitative estimate of drug-likeness (QED) is 0.671. The average molecular weight is 427 g/mol. The number of piperidine rings is 1. The highest BCUT2D eigenvalue weighted by molar-refractivity contribution is 7.89. The molecule has 2 saturated heterocycles. The summed E-state index contributed by atoms with van der Waals surface area (Å²) in [4.78, 5) is 15.2. The summed E-state index contributed by atoms with van der Waals surface area (Å²) >= 11 is 0. The first-order chi connectivity index (χ1) is 13.9. The van der Waals surface area contributed by atoms with Gasteiger partial charge in [-0.05, 0) is 65.6 Å². The van der Waals surface area contributed by atoms with Crippen molar-refractivity contribution in [3.8, 4) is 0 Å². The van der Waals surface area contributed by atoms with Gasteiger partial charge in [0.05, 0.1) is 5.92 Å². The zero-order valence-corrected chi connectivity index (χ0v) is 18.5. The van der Waals surface area contributed by atoms with Crippen LogP contribution in [0.3, 0.4) is 0 Å². The number of amides is 1. The van der Waals surface area contributed by atoms with Gasteiger partial charge in [0.25, 0.3) is 0 Å². The molecule has 1 atom stereocenters. The molecule has 2 fully saturated rings. The van der Waals surface area contributed by atoms with Crippen molar-refractivity contribution in [3.05, 3.63) is 11.5 Å². The summed E-state index contributed by atoms with van der Waals surface area (Å²) in [5.41, 5.74) is 0.364. The Morgan fingerprint density at radius 1 is 1.14 bits per heavy atom. The molecule has 0 radical (unpaired) electrons. The van der Waals surface area contributed by atoms with E-state index in [0.29, 0.717) is 37.4 Å². The number of likely N-dealkylation sites (tertiary alicyclic amines) is 1. The zero-order chi connectivity index (χ0) is 20.9. The molecule has 2 aliphatic heterocycles. The smallest absolute Gasteiger partial charge is 0.248 e. The Morgan fingerprint density at radius 3 is 2.52 bits per heavy atom. The minimum atomic E-state index is -3.70. The van der Waals surface area contributed by atoms with Crippen LogP contribution in [0.5, 0.6) is 0 Å². The molecular formula is C20H34N4O4S. The Labute approximate surface area is 174 Å². The third kappa shape index (κ3) is 5.58. The van der Waals surface area contributed by atoms with Gasteiger partial charge in [-0.3, -0.25) is 4.79 Å². The van der Waals surface area contributed by atoms with E-state index in [9.17, 15) is 13.2 Å². The van der Waals surface area contributed by atoms with E-state index >= 15 is 0 Å². The maximum absolute atomic E-state index is 13.0. The van der Waals surface area contributed by atoms with Crippen LogP contribution < -0.4 is 5.32 Å². The summed E-state index contributed by atoms with van der Waals surface area (Å²) in [6.07, 6.45) is 7.50. The second kappa shape index (κ2) is 10.0. The van der Waals surface area contributed by atoms with E-state index in [4.69, 9.17) is 4.52 Å². The standard InChI is InChI=1S/C20H34N4O4S/c1-16-19(17(2)28-22-16)29(26,27)24-14-7-9-18(15-24)20(25)21-10-8-13-23-11-5-3-4-6-12-23/h18H,3-15H2,1-2H3,(H,21,25). The number of carbonyl (C=O) groups is 1. The SMILES string of the molecule is Cc1noc(C)c1S(=O)(=O)N1CCCC(C(=O)NCCCN2CCCCCC2)C1. The number of nitrogens with one attached hydrogen (secondary N) is 1. The molecule has 1 aromatic rings. The molecular weight excluding hydrogens is 392 g/mol. The van der Waals surface area contributed by atoms with Crippen LogP contribution in [0, 0.1) is 19.8 Å². The van der Waals surface area contributed by atoms with E-state index in [0.717, 1.165) is 26.1 Å². The number of hydrogen-bond donors (Lipinski definition) is 1. The fourth-order valence-corrected chi connectivity index (χ4v) is 6.18. The molecule has 1 aromatic heterocycles. The van der Waals surface area contributed by atoms with E-state index in [1.165, 1.54) is 30.0 Å². The van der Waals surface area contributed by atoms with Gasteiger partial charge in [-0.2, -0.15) is 4.31 Å². The van der Waals surface area contributed by atoms with E-state index in [1.54, 1.807) is 13.8 Å². The summed E-state index contributed by atoms with van der Waals surface area (Å²) < 4.78 is 32.5. The van der Waals surface area contributed by atoms with Gasteiger partial charge in [0.15, 0.2) is 5.76 Å². The largest absolute Gasteiger partial charge is 0.360 e. The summed E-state index contributed by atoms with van der Waals surface area (Å²) in [5.74, 6) is -0.0562. The molecule has 3 heterocycles. The number of aromatic nitrogens is 1. The Bertz CT molecular complexity index is 765. The summed E-state index contributed by atoms with van der Waals surface area (Å²) in [7, 11) is -3.70. The molecule has 1 N–H and O–H groups in total. The molecule has 164 valence electrons. The molecule has 2 aliphatic rings. The van der Waals surface area contributed by atoms with Crippen LogP contribution in [0.25, 0.3) is 0 Å². The number of sulfonamides is 1. The maximum Gasteiger partial charge on any atom is 0.248 e. The van der Waals surface area contributed by atoms with Gasteiger partial charge < -0.3 is 14.7 Å². The molecule has 29 heavy (non-hydrogen) atoms. The monoisotopic (exact) mass is 426 g/mol. The highest BCUT2D eigenvalue weighted by Crippen LogP contribution is 2.27. The molecule has 8 nitrogen and oxygen atoms in total. The third-order valence-electron chi connectivity index (χ3n) is 5.97. The van der Waals surface area contributed by atoms with Crippen molar-refractivity contribution in [3.63, 3.8) is 0 Å². The minimum absolute atomic E-state index is 0.0421. The molecule has 0 bridgehead atoms. The van der Waals surface area contributed by atoms with Gasteiger partial charge in [-0.15, -0.1) is 0 Å². The number of nitrogens with zero attached hydrogens (tertiary/aromatic N) is 3. The highest BCUT2D eigenvalue weighted by atomic mass is 32.2. The van der Waals surface area contributed by atoms with Crippen molar-refractivity contribution in [2.75, 3.05) is 39.3 Å². The maximum atomic E-state index is 13.0. The summed E-state index contributed by atoms with van der Waals surface area (Å²) in [6.45, 7) is 7.83. The minimum Gasteiger partial charge on any atom is -0.360 e. The van der Waals surface area contributed by atoms with Crippen molar-refractivity contribution < 1.29 is 17.7 Å². The van der Waals surface area contributed by atoms with Gasteiger partial charge in [0.2, 0.25) is 15.9 Å². The number of hydrogen-bond acceptors (Lipinski definition) is 6. The van der Waals surface area contributed by atoms with Gasteiger partial charge >= 0.3 is 0 Å². The fraction of sp³-hybridized carbons (Fsp3) is 0.800. The van der Waals surface area contributed by atoms with Crippen LogP contribution >= 0.6 is 0 Å². The Kier molecular flexibility index (Phi) is 7.70. The first-order valence-electron chi connectivity index (χ1n) is 10.8. The molecule has 0 spiro atoms. The number of rotatable bonds is 7. The highest BCUT2D eigenvalue weighted by Gasteiger charge is 2.36. The van der Waals surface area contributed by atoms with Crippen molar-refractivity contribution in [2.24, 2.45) is 5.92 Å². The van der Waals surface area contributed by atoms with Crippen molar-refractivity contribution in [2.45, 2.75) is 63.7 Å². The predicted octanol–water partition coefficient (Wildman–Crippen LogP) is 2.07. The molecule has 3 rings (SSSR count). The van der Waals surface area contributed by atoms with Gasteiger partial charge in [0.1, 0.15) is 10.6 Å². The molecule has 9 heteroatoms. The van der Waals surface area contributed by atoms with Gasteiger partial charge in [-0.25, -0.2) is 8.42 Å². The molecule has 1 amide bonds. The van der Waals surface area contributed by atoms with Crippen molar-refractivity contribution in [1.29, 1.82) is 0 Å². The molecule has 0 aliphatic carbocycles. The molecule has 0 saturated carbocycles. The van der Waals surface area contributed by atoms with Crippen LogP contribution in [0.15, 0.2) is 9.42 Å². The summed E-state index contributed by atoms with van der Waals surface area (Å²) in [5, 5.41) is 6.78. The second-order valence-corrected chi connectivity index (χ2v) is 10.1. The number of aryl methyl sites for hydroxylation is 2. The zero-order valence-electron chi connectivity index (χ0n) is 17.7. The van der Waals surface area contributed by atoms with Crippen LogP contribution in [0.2, 0.25) is 0 Å². The lowest BCUT2D eigenvalue weighted by Gasteiger charge is -2.31. The Balaban J connectivity index is 1.49. The van der Waals surface area contributed by atoms with Crippen LogP contribution in [-0.4, -0.2) is 68.0 Å². The van der Waals surface area contributed by atoms with Crippen LogP contribution in [0.4, 0.5) is 0 Å². The normalized spacial score (nSPS) is 22.3. The van der Waals surface area contributed by atoms with E-state index in [2.05, 4.69) is 15.4 Å². The first kappa shape index (κ1) is 22.2.